The van der Waals surface area contributed by atoms with E-state index in [4.69, 9.17) is 0 Å². The van der Waals surface area contributed by atoms with Gasteiger partial charge in [-0.05, 0) is 48.0 Å². The van der Waals surface area contributed by atoms with Gasteiger partial charge in [0.2, 0.25) is 5.95 Å². The summed E-state index contributed by atoms with van der Waals surface area (Å²) < 4.78 is 0.879. The van der Waals surface area contributed by atoms with Crippen molar-refractivity contribution < 1.29 is 5.11 Å². The summed E-state index contributed by atoms with van der Waals surface area (Å²) in [5.41, 5.74) is 0. The van der Waals surface area contributed by atoms with E-state index >= 15 is 0 Å². The maximum absolute atomic E-state index is 9.54. The van der Waals surface area contributed by atoms with Crippen molar-refractivity contribution in [3.05, 3.63) is 10.7 Å². The Balaban J connectivity index is 1.94. The monoisotopic (exact) mass is 342 g/mol. The Kier molecular flexibility index (Phi) is 6.04. The highest BCUT2D eigenvalue weighted by molar-refractivity contribution is 9.10. The van der Waals surface area contributed by atoms with Crippen LogP contribution >= 0.6 is 15.9 Å². The van der Waals surface area contributed by atoms with Crippen LogP contribution in [0, 0.1) is 0 Å². The Morgan fingerprint density at radius 3 is 2.80 bits per heavy atom. The predicted molar refractivity (Wildman–Crippen MR) is 85.0 cm³/mol. The second-order valence-electron chi connectivity index (χ2n) is 5.32. The summed E-state index contributed by atoms with van der Waals surface area (Å²) >= 11 is 3.49. The molecule has 6 heteroatoms. The van der Waals surface area contributed by atoms with Gasteiger partial charge in [-0.3, -0.25) is 0 Å². The van der Waals surface area contributed by atoms with Gasteiger partial charge in [0, 0.05) is 18.8 Å². The summed E-state index contributed by atoms with van der Waals surface area (Å²) in [5.74, 6) is 1.50. The van der Waals surface area contributed by atoms with E-state index in [1.54, 1.807) is 6.20 Å². The summed E-state index contributed by atoms with van der Waals surface area (Å²) in [6.45, 7) is 3.06. The van der Waals surface area contributed by atoms with Crippen LogP contribution in [-0.2, 0) is 0 Å². The molecule has 3 N–H and O–H groups in total. The third-order valence-corrected chi connectivity index (χ3v) is 4.18. The third kappa shape index (κ3) is 4.59. The largest absolute Gasteiger partial charge is 0.393 e. The molecule has 5 nitrogen and oxygen atoms in total. The highest BCUT2D eigenvalue weighted by atomic mass is 79.9. The Labute approximate surface area is 128 Å². The summed E-state index contributed by atoms with van der Waals surface area (Å²) in [6.07, 6.45) is 7.60. The molecule has 1 aliphatic rings. The van der Waals surface area contributed by atoms with E-state index in [9.17, 15) is 5.11 Å². The molecule has 0 saturated heterocycles. The maximum Gasteiger partial charge on any atom is 0.224 e. The highest BCUT2D eigenvalue weighted by Gasteiger charge is 2.20. The number of unbranched alkanes of at least 4 members (excludes halogenated alkanes) is 1. The van der Waals surface area contributed by atoms with E-state index < -0.39 is 0 Å². The fourth-order valence-corrected chi connectivity index (χ4v) is 2.65. The maximum atomic E-state index is 9.54. The molecule has 112 valence electrons. The van der Waals surface area contributed by atoms with Gasteiger partial charge < -0.3 is 15.7 Å². The molecule has 0 radical (unpaired) electrons. The van der Waals surface area contributed by atoms with Gasteiger partial charge >= 0.3 is 0 Å². The van der Waals surface area contributed by atoms with Crippen LogP contribution in [0.15, 0.2) is 10.7 Å². The van der Waals surface area contributed by atoms with Gasteiger partial charge in [0.25, 0.3) is 0 Å². The van der Waals surface area contributed by atoms with Crippen molar-refractivity contribution in [2.45, 2.75) is 57.6 Å². The molecular formula is C14H23BrN4O. The molecule has 0 bridgehead atoms. The lowest BCUT2D eigenvalue weighted by molar-refractivity contribution is 0.126. The summed E-state index contributed by atoms with van der Waals surface area (Å²) in [4.78, 5) is 8.78. The van der Waals surface area contributed by atoms with Crippen molar-refractivity contribution >= 4 is 27.7 Å². The number of rotatable bonds is 6. The first-order valence-electron chi connectivity index (χ1n) is 7.40. The lowest BCUT2D eigenvalue weighted by Crippen LogP contribution is -2.28. The van der Waals surface area contributed by atoms with Crippen LogP contribution in [0.4, 0.5) is 11.8 Å². The standard InChI is InChI=1S/C14H23BrN4O/c1-2-3-8-16-14-17-9-12(15)13(19-14)18-10-4-6-11(20)7-5-10/h9-11,20H,2-8H2,1H3,(H2,16,17,18,19). The van der Waals surface area contributed by atoms with Crippen molar-refractivity contribution in [1.29, 1.82) is 0 Å². The SMILES string of the molecule is CCCCNc1ncc(Br)c(NC2CCC(O)CC2)n1. The van der Waals surface area contributed by atoms with Crippen LogP contribution in [-0.4, -0.2) is 33.8 Å². The smallest absolute Gasteiger partial charge is 0.224 e. The van der Waals surface area contributed by atoms with Gasteiger partial charge in [-0.1, -0.05) is 13.3 Å². The number of hydrogen-bond donors (Lipinski definition) is 3. The Bertz CT molecular complexity index is 422. The van der Waals surface area contributed by atoms with Gasteiger partial charge in [0.1, 0.15) is 5.82 Å². The van der Waals surface area contributed by atoms with Crippen LogP contribution in [0.5, 0.6) is 0 Å². The molecule has 1 aliphatic carbocycles. The van der Waals surface area contributed by atoms with Crippen LogP contribution in [0.2, 0.25) is 0 Å². The number of aliphatic hydroxyl groups excluding tert-OH is 1. The van der Waals surface area contributed by atoms with E-state index in [0.29, 0.717) is 12.0 Å². The predicted octanol–water partition coefficient (Wildman–Crippen LogP) is 3.17. The lowest BCUT2D eigenvalue weighted by atomic mass is 9.93. The molecule has 1 aromatic rings. The minimum Gasteiger partial charge on any atom is -0.393 e. The Hall–Kier alpha value is -0.880. The summed E-state index contributed by atoms with van der Waals surface area (Å²) in [6, 6.07) is 0.382. The number of nitrogens with one attached hydrogen (secondary N) is 2. The quantitative estimate of drug-likeness (QED) is 0.692. The number of halogens is 1. The minimum atomic E-state index is -0.131. The first-order valence-corrected chi connectivity index (χ1v) is 8.19. The molecule has 2 rings (SSSR count). The van der Waals surface area contributed by atoms with E-state index in [1.807, 2.05) is 0 Å². The molecule has 1 heterocycles. The Morgan fingerprint density at radius 1 is 1.35 bits per heavy atom. The molecule has 1 fully saturated rings. The second-order valence-corrected chi connectivity index (χ2v) is 6.17. The van der Waals surface area contributed by atoms with Crippen molar-refractivity contribution in [3.8, 4) is 0 Å². The van der Waals surface area contributed by atoms with Crippen molar-refractivity contribution in [3.63, 3.8) is 0 Å². The second kappa shape index (κ2) is 7.78. The topological polar surface area (TPSA) is 70.1 Å². The fraction of sp³-hybridized carbons (Fsp3) is 0.714. The van der Waals surface area contributed by atoms with Crippen LogP contribution in [0.1, 0.15) is 45.4 Å². The van der Waals surface area contributed by atoms with E-state index in [-0.39, 0.29) is 6.10 Å². The zero-order chi connectivity index (χ0) is 14.4. The third-order valence-electron chi connectivity index (χ3n) is 3.60. The Morgan fingerprint density at radius 2 is 2.10 bits per heavy atom. The van der Waals surface area contributed by atoms with E-state index in [2.05, 4.69) is 43.5 Å². The van der Waals surface area contributed by atoms with Crippen LogP contribution < -0.4 is 10.6 Å². The van der Waals surface area contributed by atoms with Gasteiger partial charge in [-0.15, -0.1) is 0 Å². The minimum absolute atomic E-state index is 0.131. The molecular weight excluding hydrogens is 320 g/mol. The number of aromatic nitrogens is 2. The zero-order valence-electron chi connectivity index (χ0n) is 11.9. The first-order chi connectivity index (χ1) is 9.69. The normalized spacial score (nSPS) is 22.6. The van der Waals surface area contributed by atoms with Crippen LogP contribution in [0.3, 0.4) is 0 Å². The van der Waals surface area contributed by atoms with E-state index in [1.165, 1.54) is 0 Å². The average molecular weight is 343 g/mol. The van der Waals surface area contributed by atoms with Crippen LogP contribution in [0.25, 0.3) is 0 Å². The molecule has 1 aromatic heterocycles. The van der Waals surface area contributed by atoms with E-state index in [0.717, 1.165) is 55.4 Å². The number of hydrogen-bond acceptors (Lipinski definition) is 5. The number of aliphatic hydroxyl groups is 1. The van der Waals surface area contributed by atoms with Gasteiger partial charge in [-0.2, -0.15) is 4.98 Å². The average Bonchev–Trinajstić information content (AvgIpc) is 2.45. The molecule has 0 spiro atoms. The molecule has 0 aromatic carbocycles. The van der Waals surface area contributed by atoms with Gasteiger partial charge in [-0.25, -0.2) is 4.98 Å². The van der Waals surface area contributed by atoms with Crippen molar-refractivity contribution in [1.82, 2.24) is 9.97 Å². The molecule has 0 atom stereocenters. The summed E-state index contributed by atoms with van der Waals surface area (Å²) in [7, 11) is 0. The number of anilines is 2. The van der Waals surface area contributed by atoms with Crippen molar-refractivity contribution in [2.75, 3.05) is 17.2 Å². The highest BCUT2D eigenvalue weighted by Crippen LogP contribution is 2.26. The first kappa shape index (κ1) is 15.5. The molecule has 1 saturated carbocycles. The summed E-state index contributed by atoms with van der Waals surface area (Å²) in [5, 5.41) is 16.2. The fourth-order valence-electron chi connectivity index (χ4n) is 2.34. The molecule has 0 aliphatic heterocycles. The van der Waals surface area contributed by atoms with Gasteiger partial charge in [0.15, 0.2) is 0 Å². The van der Waals surface area contributed by atoms with Crippen molar-refractivity contribution in [2.24, 2.45) is 0 Å². The lowest BCUT2D eigenvalue weighted by Gasteiger charge is -2.27. The zero-order valence-corrected chi connectivity index (χ0v) is 13.5. The number of nitrogens with zero attached hydrogens (tertiary/aromatic N) is 2. The molecule has 20 heavy (non-hydrogen) atoms. The van der Waals surface area contributed by atoms with Gasteiger partial charge in [0.05, 0.1) is 10.6 Å². The molecule has 0 amide bonds. The molecule has 0 unspecified atom stereocenters.